The fourth-order valence-electron chi connectivity index (χ4n) is 0.938. The maximum absolute atomic E-state index is 12.8. The number of carbonyl (C=O) groups is 1. The third-order valence-electron chi connectivity index (χ3n) is 1.53. The molecule has 0 atom stereocenters. The number of benzene rings is 1. The van der Waals surface area contributed by atoms with Crippen LogP contribution < -0.4 is 5.32 Å². The summed E-state index contributed by atoms with van der Waals surface area (Å²) < 4.78 is 13.2. The van der Waals surface area contributed by atoms with Gasteiger partial charge in [0.25, 0.3) is 0 Å². The number of rotatable bonds is 2. The summed E-state index contributed by atoms with van der Waals surface area (Å²) in [5.74, 6) is 1.34. The monoisotopic (exact) mass is 289 g/mol. The molecule has 0 aliphatic carbocycles. The van der Waals surface area contributed by atoms with E-state index in [9.17, 15) is 9.18 Å². The molecule has 2 nitrogen and oxygen atoms in total. The van der Waals surface area contributed by atoms with E-state index in [0.717, 1.165) is 6.07 Å². The van der Waals surface area contributed by atoms with Gasteiger partial charge < -0.3 is 5.32 Å². The number of amides is 1. The Hall–Kier alpha value is -1.05. The zero-order valence-electron chi connectivity index (χ0n) is 7.48. The summed E-state index contributed by atoms with van der Waals surface area (Å²) in [4.78, 5) is 11.2. The first-order chi connectivity index (χ1) is 7.04. The van der Waals surface area contributed by atoms with Crippen molar-refractivity contribution >= 4 is 39.1 Å². The molecule has 1 amide bonds. The maximum atomic E-state index is 12.8. The largest absolute Gasteiger partial charge is 0.323 e. The van der Waals surface area contributed by atoms with E-state index < -0.39 is 5.82 Å². The van der Waals surface area contributed by atoms with Crippen molar-refractivity contribution in [1.29, 1.82) is 0 Å². The van der Waals surface area contributed by atoms with Crippen molar-refractivity contribution in [2.45, 2.75) is 6.42 Å². The molecule has 1 aromatic carbocycles. The molecule has 1 N–H and O–H groups in total. The van der Waals surface area contributed by atoms with Crippen LogP contribution in [0.5, 0.6) is 0 Å². The van der Waals surface area contributed by atoms with E-state index in [0.29, 0.717) is 10.2 Å². The highest BCUT2D eigenvalue weighted by molar-refractivity contribution is 9.10. The quantitative estimate of drug-likeness (QED) is 0.833. The first-order valence-electron chi connectivity index (χ1n) is 3.92. The fraction of sp³-hybridized carbons (Fsp3) is 0.100. The Morgan fingerprint density at radius 3 is 2.87 bits per heavy atom. The van der Waals surface area contributed by atoms with Crippen molar-refractivity contribution in [3.8, 4) is 12.3 Å². The zero-order valence-corrected chi connectivity index (χ0v) is 9.82. The van der Waals surface area contributed by atoms with Crippen LogP contribution >= 0.6 is 27.5 Å². The van der Waals surface area contributed by atoms with E-state index >= 15 is 0 Å². The van der Waals surface area contributed by atoms with Gasteiger partial charge in [-0.05, 0) is 28.1 Å². The van der Waals surface area contributed by atoms with Gasteiger partial charge in [0, 0.05) is 4.47 Å². The SMILES string of the molecule is C#CCC(=O)Nc1c(Cl)cc(F)cc1Br. The minimum absolute atomic E-state index is 0.0554. The standard InChI is InChI=1S/C10H6BrClFNO/c1-2-3-9(15)14-10-7(11)4-6(13)5-8(10)12/h1,4-5H,3H2,(H,14,15). The lowest BCUT2D eigenvalue weighted by Crippen LogP contribution is -2.11. The highest BCUT2D eigenvalue weighted by atomic mass is 79.9. The molecule has 0 unspecified atom stereocenters. The lowest BCUT2D eigenvalue weighted by Gasteiger charge is -2.08. The highest BCUT2D eigenvalue weighted by Crippen LogP contribution is 2.31. The van der Waals surface area contributed by atoms with Crippen molar-refractivity contribution in [3.05, 3.63) is 27.4 Å². The second-order valence-corrected chi connectivity index (χ2v) is 3.94. The van der Waals surface area contributed by atoms with E-state index in [4.69, 9.17) is 18.0 Å². The summed E-state index contributed by atoms with van der Waals surface area (Å²) in [6.45, 7) is 0. The summed E-state index contributed by atoms with van der Waals surface area (Å²) in [6, 6.07) is 2.31. The zero-order chi connectivity index (χ0) is 11.4. The van der Waals surface area contributed by atoms with Crippen LogP contribution in [0.2, 0.25) is 5.02 Å². The summed E-state index contributed by atoms with van der Waals surface area (Å²) >= 11 is 8.83. The number of carbonyl (C=O) groups excluding carboxylic acids is 1. The second-order valence-electron chi connectivity index (χ2n) is 2.67. The molecular weight excluding hydrogens is 284 g/mol. The normalized spacial score (nSPS) is 9.47. The second kappa shape index (κ2) is 5.15. The summed E-state index contributed by atoms with van der Waals surface area (Å²) in [7, 11) is 0. The highest BCUT2D eigenvalue weighted by Gasteiger charge is 2.10. The Morgan fingerprint density at radius 1 is 1.67 bits per heavy atom. The van der Waals surface area contributed by atoms with Crippen LogP contribution in [0.15, 0.2) is 16.6 Å². The van der Waals surface area contributed by atoms with Gasteiger partial charge in [-0.1, -0.05) is 17.5 Å². The predicted molar refractivity (Wildman–Crippen MR) is 61.2 cm³/mol. The van der Waals surface area contributed by atoms with Gasteiger partial charge in [-0.2, -0.15) is 0 Å². The first-order valence-corrected chi connectivity index (χ1v) is 5.09. The summed E-state index contributed by atoms with van der Waals surface area (Å²) in [5.41, 5.74) is 0.318. The molecule has 0 aromatic heterocycles. The van der Waals surface area contributed by atoms with Crippen LogP contribution in [0.1, 0.15) is 6.42 Å². The molecule has 0 radical (unpaired) electrons. The van der Waals surface area contributed by atoms with Crippen LogP contribution in [-0.4, -0.2) is 5.91 Å². The number of terminal acetylenes is 1. The van der Waals surface area contributed by atoms with Gasteiger partial charge in [0.1, 0.15) is 5.82 Å². The van der Waals surface area contributed by atoms with Crippen molar-refractivity contribution in [3.63, 3.8) is 0 Å². The predicted octanol–water partition coefficient (Wildman–Crippen LogP) is 3.20. The molecular formula is C10H6BrClFNO. The minimum atomic E-state index is -0.484. The van der Waals surface area contributed by atoms with Gasteiger partial charge in [-0.25, -0.2) is 4.39 Å². The molecule has 0 fully saturated rings. The van der Waals surface area contributed by atoms with Crippen molar-refractivity contribution in [2.75, 3.05) is 5.32 Å². The van der Waals surface area contributed by atoms with Crippen LogP contribution in [0, 0.1) is 18.2 Å². The number of hydrogen-bond donors (Lipinski definition) is 1. The number of hydrogen-bond acceptors (Lipinski definition) is 1. The molecule has 78 valence electrons. The van der Waals surface area contributed by atoms with Crippen molar-refractivity contribution in [2.24, 2.45) is 0 Å². The number of nitrogens with one attached hydrogen (secondary N) is 1. The average molecular weight is 291 g/mol. The van der Waals surface area contributed by atoms with Crippen LogP contribution in [-0.2, 0) is 4.79 Å². The third-order valence-corrected chi connectivity index (χ3v) is 2.46. The van der Waals surface area contributed by atoms with Crippen LogP contribution in [0.25, 0.3) is 0 Å². The average Bonchev–Trinajstić information content (AvgIpc) is 2.11. The van der Waals surface area contributed by atoms with Crippen LogP contribution in [0.3, 0.4) is 0 Å². The van der Waals surface area contributed by atoms with Crippen molar-refractivity contribution < 1.29 is 9.18 Å². The smallest absolute Gasteiger partial charge is 0.236 e. The van der Waals surface area contributed by atoms with E-state index in [-0.39, 0.29) is 17.4 Å². The summed E-state index contributed by atoms with van der Waals surface area (Å²) in [6.07, 6.45) is 4.91. The molecule has 1 rings (SSSR count). The molecule has 1 aromatic rings. The van der Waals surface area contributed by atoms with Gasteiger partial charge >= 0.3 is 0 Å². The minimum Gasteiger partial charge on any atom is -0.323 e. The molecule has 0 saturated heterocycles. The Labute approximate surface area is 99.9 Å². The Balaban J connectivity index is 2.96. The lowest BCUT2D eigenvalue weighted by atomic mass is 10.3. The molecule has 0 aliphatic heterocycles. The molecule has 5 heteroatoms. The van der Waals surface area contributed by atoms with E-state index in [1.807, 2.05) is 0 Å². The molecule has 0 bridgehead atoms. The topological polar surface area (TPSA) is 29.1 Å². The van der Waals surface area contributed by atoms with Gasteiger partial charge in [0.2, 0.25) is 5.91 Å². The van der Waals surface area contributed by atoms with E-state index in [1.54, 1.807) is 0 Å². The van der Waals surface area contributed by atoms with Gasteiger partial charge in [-0.3, -0.25) is 4.79 Å². The van der Waals surface area contributed by atoms with Crippen LogP contribution in [0.4, 0.5) is 10.1 Å². The first kappa shape index (κ1) is 12.0. The number of halogens is 3. The van der Waals surface area contributed by atoms with E-state index in [1.165, 1.54) is 6.07 Å². The van der Waals surface area contributed by atoms with Crippen molar-refractivity contribution in [1.82, 2.24) is 0 Å². The Kier molecular flexibility index (Phi) is 4.13. The van der Waals surface area contributed by atoms with Gasteiger partial charge in [0.15, 0.2) is 0 Å². The molecule has 15 heavy (non-hydrogen) atoms. The molecule has 0 aliphatic rings. The third kappa shape index (κ3) is 3.22. The van der Waals surface area contributed by atoms with Gasteiger partial charge in [0.05, 0.1) is 17.1 Å². The van der Waals surface area contributed by atoms with E-state index in [2.05, 4.69) is 27.2 Å². The summed E-state index contributed by atoms with van der Waals surface area (Å²) in [5, 5.41) is 2.60. The Bertz CT molecular complexity index is 419. The fourth-order valence-corrected chi connectivity index (χ4v) is 1.84. The maximum Gasteiger partial charge on any atom is 0.236 e. The lowest BCUT2D eigenvalue weighted by molar-refractivity contribution is -0.115. The molecule has 0 saturated carbocycles. The Morgan fingerprint density at radius 2 is 2.33 bits per heavy atom. The molecule has 0 spiro atoms. The molecule has 0 heterocycles. The van der Waals surface area contributed by atoms with Gasteiger partial charge in [-0.15, -0.1) is 6.42 Å². The number of anilines is 1.